The van der Waals surface area contributed by atoms with Crippen LogP contribution in [0.4, 0.5) is 0 Å². The molecule has 33 heavy (non-hydrogen) atoms. The first-order chi connectivity index (χ1) is 16.1. The Morgan fingerprint density at radius 1 is 0.636 bits per heavy atom. The standard InChI is InChI=1S/C28H38O5/c1-2-3-4-5-6-7-8-9-10-11-12-13-22-32-25-18-20-26(21-19-25)33-28(31)24-16-14-23(15-17-24)27(29)30/h14-21H,2-13,22H2,1H3,(H,29,30). The molecule has 0 radical (unpaired) electrons. The molecule has 0 aliphatic carbocycles. The second-order valence-corrected chi connectivity index (χ2v) is 8.48. The normalized spacial score (nSPS) is 10.7. The summed E-state index contributed by atoms with van der Waals surface area (Å²) in [4.78, 5) is 23.1. The maximum Gasteiger partial charge on any atom is 0.343 e. The fraction of sp³-hybridized carbons (Fsp3) is 0.500. The van der Waals surface area contributed by atoms with Gasteiger partial charge in [0.2, 0.25) is 0 Å². The molecule has 0 atom stereocenters. The molecule has 0 aliphatic heterocycles. The number of carbonyl (C=O) groups is 2. The van der Waals surface area contributed by atoms with E-state index in [0.29, 0.717) is 17.9 Å². The number of esters is 1. The van der Waals surface area contributed by atoms with E-state index in [9.17, 15) is 9.59 Å². The zero-order valence-corrected chi connectivity index (χ0v) is 19.9. The van der Waals surface area contributed by atoms with Crippen molar-refractivity contribution in [3.8, 4) is 11.5 Å². The van der Waals surface area contributed by atoms with Gasteiger partial charge in [0.15, 0.2) is 0 Å². The first-order valence-electron chi connectivity index (χ1n) is 12.4. The van der Waals surface area contributed by atoms with Gasteiger partial charge in [0.25, 0.3) is 0 Å². The van der Waals surface area contributed by atoms with Crippen molar-refractivity contribution in [1.82, 2.24) is 0 Å². The van der Waals surface area contributed by atoms with Gasteiger partial charge in [0.1, 0.15) is 11.5 Å². The summed E-state index contributed by atoms with van der Waals surface area (Å²) >= 11 is 0. The average molecular weight is 455 g/mol. The van der Waals surface area contributed by atoms with Crippen LogP contribution in [0.2, 0.25) is 0 Å². The van der Waals surface area contributed by atoms with Gasteiger partial charge in [-0.25, -0.2) is 9.59 Å². The Morgan fingerprint density at radius 3 is 1.61 bits per heavy atom. The molecule has 5 nitrogen and oxygen atoms in total. The van der Waals surface area contributed by atoms with Crippen LogP contribution in [-0.2, 0) is 0 Å². The predicted molar refractivity (Wildman–Crippen MR) is 131 cm³/mol. The van der Waals surface area contributed by atoms with Crippen molar-refractivity contribution in [1.29, 1.82) is 0 Å². The first-order valence-corrected chi connectivity index (χ1v) is 12.4. The van der Waals surface area contributed by atoms with Crippen LogP contribution in [0.15, 0.2) is 48.5 Å². The molecule has 2 aromatic carbocycles. The van der Waals surface area contributed by atoms with E-state index in [1.165, 1.54) is 94.9 Å². The fourth-order valence-corrected chi connectivity index (χ4v) is 3.65. The van der Waals surface area contributed by atoms with Gasteiger partial charge in [0.05, 0.1) is 17.7 Å². The highest BCUT2D eigenvalue weighted by Gasteiger charge is 2.10. The molecule has 1 N–H and O–H groups in total. The maximum absolute atomic E-state index is 12.2. The molecule has 0 heterocycles. The summed E-state index contributed by atoms with van der Waals surface area (Å²) in [7, 11) is 0. The van der Waals surface area contributed by atoms with Crippen LogP contribution in [0.3, 0.4) is 0 Å². The van der Waals surface area contributed by atoms with Gasteiger partial charge in [-0.05, 0) is 55.0 Å². The summed E-state index contributed by atoms with van der Waals surface area (Å²) in [6.07, 6.45) is 15.8. The van der Waals surface area contributed by atoms with Crippen LogP contribution in [-0.4, -0.2) is 23.7 Å². The minimum atomic E-state index is -1.03. The van der Waals surface area contributed by atoms with Crippen LogP contribution < -0.4 is 9.47 Å². The molecule has 5 heteroatoms. The molecule has 0 fully saturated rings. The summed E-state index contributed by atoms with van der Waals surface area (Å²) < 4.78 is 11.1. The number of aromatic carboxylic acids is 1. The van der Waals surface area contributed by atoms with Crippen LogP contribution >= 0.6 is 0 Å². The second-order valence-electron chi connectivity index (χ2n) is 8.48. The lowest BCUT2D eigenvalue weighted by Crippen LogP contribution is -2.09. The number of ether oxygens (including phenoxy) is 2. The number of carbonyl (C=O) groups excluding carboxylic acids is 1. The largest absolute Gasteiger partial charge is 0.494 e. The minimum absolute atomic E-state index is 0.126. The van der Waals surface area contributed by atoms with E-state index in [1.54, 1.807) is 24.3 Å². The first kappa shape index (κ1) is 26.4. The summed E-state index contributed by atoms with van der Waals surface area (Å²) in [6, 6.07) is 12.6. The Kier molecular flexibility index (Phi) is 12.7. The van der Waals surface area contributed by atoms with Gasteiger partial charge in [-0.15, -0.1) is 0 Å². The number of hydrogen-bond donors (Lipinski definition) is 1. The number of hydrogen-bond acceptors (Lipinski definition) is 4. The van der Waals surface area contributed by atoms with E-state index in [-0.39, 0.29) is 5.56 Å². The average Bonchev–Trinajstić information content (AvgIpc) is 2.83. The molecule has 180 valence electrons. The van der Waals surface area contributed by atoms with Crippen molar-refractivity contribution < 1.29 is 24.2 Å². The molecule has 0 aromatic heterocycles. The molecule has 0 amide bonds. The second kappa shape index (κ2) is 15.9. The van der Waals surface area contributed by atoms with Crippen LogP contribution in [0.1, 0.15) is 105 Å². The lowest BCUT2D eigenvalue weighted by atomic mass is 10.1. The lowest BCUT2D eigenvalue weighted by molar-refractivity contribution is 0.0691. The molecule has 0 saturated heterocycles. The Bertz CT molecular complexity index is 811. The SMILES string of the molecule is CCCCCCCCCCCCCCOc1ccc(OC(=O)c2ccc(C(=O)O)cc2)cc1. The van der Waals surface area contributed by atoms with Crippen molar-refractivity contribution >= 4 is 11.9 Å². The van der Waals surface area contributed by atoms with Gasteiger partial charge >= 0.3 is 11.9 Å². The molecule has 0 aliphatic rings. The molecular formula is C28H38O5. The van der Waals surface area contributed by atoms with Crippen molar-refractivity contribution in [2.45, 2.75) is 84.0 Å². The number of rotatable bonds is 17. The highest BCUT2D eigenvalue weighted by molar-refractivity contribution is 5.93. The van der Waals surface area contributed by atoms with Gasteiger partial charge in [-0.1, -0.05) is 77.6 Å². The quantitative estimate of drug-likeness (QED) is 0.151. The zero-order valence-electron chi connectivity index (χ0n) is 19.9. The summed E-state index contributed by atoms with van der Waals surface area (Å²) in [6.45, 7) is 2.95. The zero-order chi connectivity index (χ0) is 23.7. The third kappa shape index (κ3) is 11.0. The monoisotopic (exact) mass is 454 g/mol. The maximum atomic E-state index is 12.2. The van der Waals surface area contributed by atoms with Crippen molar-refractivity contribution in [2.24, 2.45) is 0 Å². The van der Waals surface area contributed by atoms with Gasteiger partial charge in [-0.3, -0.25) is 0 Å². The Morgan fingerprint density at radius 2 is 1.09 bits per heavy atom. The summed E-state index contributed by atoms with van der Waals surface area (Å²) in [5.74, 6) is -0.394. The smallest absolute Gasteiger partial charge is 0.343 e. The van der Waals surface area contributed by atoms with E-state index in [1.807, 2.05) is 0 Å². The number of carboxylic acids is 1. The van der Waals surface area contributed by atoms with Gasteiger partial charge < -0.3 is 14.6 Å². The van der Waals surface area contributed by atoms with Gasteiger partial charge in [-0.2, -0.15) is 0 Å². The number of carboxylic acid groups (broad SMARTS) is 1. The molecule has 0 bridgehead atoms. The molecule has 0 unspecified atom stereocenters. The summed E-state index contributed by atoms with van der Waals surface area (Å²) in [5, 5.41) is 8.92. The fourth-order valence-electron chi connectivity index (χ4n) is 3.65. The Balaban J connectivity index is 1.54. The van der Waals surface area contributed by atoms with Crippen LogP contribution in [0, 0.1) is 0 Å². The van der Waals surface area contributed by atoms with Crippen molar-refractivity contribution in [2.75, 3.05) is 6.61 Å². The van der Waals surface area contributed by atoms with Gasteiger partial charge in [0, 0.05) is 0 Å². The lowest BCUT2D eigenvalue weighted by Gasteiger charge is -2.08. The minimum Gasteiger partial charge on any atom is -0.494 e. The van der Waals surface area contributed by atoms with E-state index < -0.39 is 11.9 Å². The van der Waals surface area contributed by atoms with Crippen molar-refractivity contribution in [3.05, 3.63) is 59.7 Å². The highest BCUT2D eigenvalue weighted by Crippen LogP contribution is 2.19. The van der Waals surface area contributed by atoms with E-state index in [2.05, 4.69) is 6.92 Å². The third-order valence-electron chi connectivity index (χ3n) is 5.67. The van der Waals surface area contributed by atoms with E-state index in [0.717, 1.165) is 12.2 Å². The summed E-state index contributed by atoms with van der Waals surface area (Å²) in [5.41, 5.74) is 0.425. The Labute approximate surface area is 198 Å². The van der Waals surface area contributed by atoms with Crippen LogP contribution in [0.5, 0.6) is 11.5 Å². The van der Waals surface area contributed by atoms with Crippen molar-refractivity contribution in [3.63, 3.8) is 0 Å². The third-order valence-corrected chi connectivity index (χ3v) is 5.67. The van der Waals surface area contributed by atoms with E-state index >= 15 is 0 Å². The molecule has 2 rings (SSSR count). The molecular weight excluding hydrogens is 416 g/mol. The van der Waals surface area contributed by atoms with Crippen LogP contribution in [0.25, 0.3) is 0 Å². The molecule has 2 aromatic rings. The highest BCUT2D eigenvalue weighted by atomic mass is 16.5. The van der Waals surface area contributed by atoms with E-state index in [4.69, 9.17) is 14.6 Å². The predicted octanol–water partition coefficient (Wildman–Crippen LogP) is 7.68. The number of unbranched alkanes of at least 4 members (excludes halogenated alkanes) is 11. The Hall–Kier alpha value is -2.82. The molecule has 0 saturated carbocycles. The molecule has 0 spiro atoms. The number of benzene rings is 2. The topological polar surface area (TPSA) is 72.8 Å².